The zero-order valence-corrected chi connectivity index (χ0v) is 13.2. The van der Waals surface area contributed by atoms with E-state index in [0.29, 0.717) is 28.5 Å². The Morgan fingerprint density at radius 2 is 2.22 bits per heavy atom. The van der Waals surface area contributed by atoms with Gasteiger partial charge in [0.05, 0.1) is 18.2 Å². The molecule has 1 amide bonds. The molecule has 0 spiro atoms. The summed E-state index contributed by atoms with van der Waals surface area (Å²) in [5.74, 6) is -0.556. The van der Waals surface area contributed by atoms with Crippen molar-refractivity contribution in [2.24, 2.45) is 0 Å². The topological polar surface area (TPSA) is 95.5 Å². The summed E-state index contributed by atoms with van der Waals surface area (Å²) in [6, 6.07) is 4.89. The van der Waals surface area contributed by atoms with Crippen LogP contribution in [-0.4, -0.2) is 45.6 Å². The molecule has 0 radical (unpaired) electrons. The standard InChI is InChI=1S/C15H16ClN3O4/c1-19(6-2-3-14(20)21)15(22)23-13-5-4-10(16)7-11(13)12-8-17-9-18-12/h4-5,7-9H,2-3,6H2,1H3,(H,17,18)(H,20,21). The summed E-state index contributed by atoms with van der Waals surface area (Å²) in [5, 5.41) is 9.12. The Bertz CT molecular complexity index is 688. The highest BCUT2D eigenvalue weighted by molar-refractivity contribution is 6.31. The van der Waals surface area contributed by atoms with Crippen molar-refractivity contribution in [2.45, 2.75) is 12.8 Å². The number of carboxylic acid groups (broad SMARTS) is 1. The Morgan fingerprint density at radius 3 is 2.87 bits per heavy atom. The summed E-state index contributed by atoms with van der Waals surface area (Å²) in [5.41, 5.74) is 1.28. The number of rotatable bonds is 6. The van der Waals surface area contributed by atoms with E-state index in [4.69, 9.17) is 21.4 Å². The summed E-state index contributed by atoms with van der Waals surface area (Å²) in [4.78, 5) is 30.8. The molecule has 8 heteroatoms. The summed E-state index contributed by atoms with van der Waals surface area (Å²) in [6.07, 6.45) is 2.89. The maximum Gasteiger partial charge on any atom is 0.414 e. The van der Waals surface area contributed by atoms with Crippen LogP contribution >= 0.6 is 11.6 Å². The van der Waals surface area contributed by atoms with Crippen molar-refractivity contribution in [1.82, 2.24) is 14.9 Å². The molecule has 0 aliphatic heterocycles. The number of amides is 1. The fourth-order valence-corrected chi connectivity index (χ4v) is 2.11. The molecule has 1 aromatic carbocycles. The zero-order chi connectivity index (χ0) is 16.8. The Labute approximate surface area is 137 Å². The third-order valence-corrected chi connectivity index (χ3v) is 3.36. The first-order valence-electron chi connectivity index (χ1n) is 6.90. The van der Waals surface area contributed by atoms with Crippen LogP contribution in [0.15, 0.2) is 30.7 Å². The molecule has 0 aliphatic carbocycles. The summed E-state index contributed by atoms with van der Waals surface area (Å²) in [6.45, 7) is 0.290. The largest absolute Gasteiger partial charge is 0.481 e. The number of aromatic amines is 1. The number of carboxylic acids is 1. The van der Waals surface area contributed by atoms with Crippen molar-refractivity contribution < 1.29 is 19.4 Å². The number of imidazole rings is 1. The maximum atomic E-state index is 12.1. The number of nitrogens with one attached hydrogen (secondary N) is 1. The summed E-state index contributed by atoms with van der Waals surface area (Å²) in [7, 11) is 1.55. The van der Waals surface area contributed by atoms with E-state index < -0.39 is 12.1 Å². The number of ether oxygens (including phenoxy) is 1. The first-order chi connectivity index (χ1) is 11.0. The SMILES string of the molecule is CN(CCCC(=O)O)C(=O)Oc1ccc(Cl)cc1-c1cnc[nH]1. The number of benzene rings is 1. The summed E-state index contributed by atoms with van der Waals surface area (Å²) < 4.78 is 5.38. The first kappa shape index (κ1) is 16.8. The maximum absolute atomic E-state index is 12.1. The van der Waals surface area contributed by atoms with Gasteiger partial charge in [-0.15, -0.1) is 0 Å². The van der Waals surface area contributed by atoms with E-state index in [0.717, 1.165) is 0 Å². The number of aliphatic carboxylic acids is 1. The third kappa shape index (κ3) is 4.72. The van der Waals surface area contributed by atoms with Crippen LogP contribution in [-0.2, 0) is 4.79 Å². The predicted octanol–water partition coefficient (Wildman–Crippen LogP) is 3.03. The lowest BCUT2D eigenvalue weighted by molar-refractivity contribution is -0.137. The van der Waals surface area contributed by atoms with E-state index in [1.807, 2.05) is 0 Å². The number of halogens is 1. The van der Waals surface area contributed by atoms with Crippen LogP contribution in [0, 0.1) is 0 Å². The molecule has 0 aliphatic rings. The molecule has 1 aromatic heterocycles. The lowest BCUT2D eigenvalue weighted by Crippen LogP contribution is -2.31. The fraction of sp³-hybridized carbons (Fsp3) is 0.267. The van der Waals surface area contributed by atoms with E-state index >= 15 is 0 Å². The van der Waals surface area contributed by atoms with Crippen LogP contribution in [0.1, 0.15) is 12.8 Å². The minimum atomic E-state index is -0.897. The quantitative estimate of drug-likeness (QED) is 0.844. The first-order valence-corrected chi connectivity index (χ1v) is 7.28. The average Bonchev–Trinajstić information content (AvgIpc) is 3.02. The van der Waals surface area contributed by atoms with Gasteiger partial charge < -0.3 is 19.7 Å². The number of carbonyl (C=O) groups excluding carboxylic acids is 1. The van der Waals surface area contributed by atoms with Crippen molar-refractivity contribution >= 4 is 23.7 Å². The number of H-pyrrole nitrogens is 1. The number of nitrogens with zero attached hydrogens (tertiary/aromatic N) is 2. The molecule has 1 heterocycles. The minimum Gasteiger partial charge on any atom is -0.481 e. The van der Waals surface area contributed by atoms with Crippen LogP contribution < -0.4 is 4.74 Å². The Morgan fingerprint density at radius 1 is 1.43 bits per heavy atom. The Hall–Kier alpha value is -2.54. The van der Waals surface area contributed by atoms with E-state index in [9.17, 15) is 9.59 Å². The van der Waals surface area contributed by atoms with Gasteiger partial charge in [-0.3, -0.25) is 4.79 Å². The highest BCUT2D eigenvalue weighted by Gasteiger charge is 2.16. The molecule has 0 saturated carbocycles. The molecule has 2 N–H and O–H groups in total. The second-order valence-corrected chi connectivity index (χ2v) is 5.33. The van der Waals surface area contributed by atoms with Gasteiger partial charge in [-0.2, -0.15) is 0 Å². The molecular weight excluding hydrogens is 322 g/mol. The van der Waals surface area contributed by atoms with E-state index in [2.05, 4.69) is 9.97 Å². The van der Waals surface area contributed by atoms with Crippen LogP contribution in [0.3, 0.4) is 0 Å². The molecule has 0 fully saturated rings. The lowest BCUT2D eigenvalue weighted by Gasteiger charge is -2.17. The van der Waals surface area contributed by atoms with Crippen molar-refractivity contribution in [1.29, 1.82) is 0 Å². The van der Waals surface area contributed by atoms with Crippen molar-refractivity contribution in [3.63, 3.8) is 0 Å². The Kier molecular flexibility index (Phi) is 5.59. The lowest BCUT2D eigenvalue weighted by atomic mass is 10.1. The average molecular weight is 338 g/mol. The van der Waals surface area contributed by atoms with Crippen LogP contribution in [0.2, 0.25) is 5.02 Å². The molecule has 23 heavy (non-hydrogen) atoms. The molecule has 2 rings (SSSR count). The van der Waals surface area contributed by atoms with Gasteiger partial charge in [0.1, 0.15) is 5.75 Å². The fourth-order valence-electron chi connectivity index (χ4n) is 1.94. The zero-order valence-electron chi connectivity index (χ0n) is 12.5. The highest BCUT2D eigenvalue weighted by Crippen LogP contribution is 2.31. The van der Waals surface area contributed by atoms with Crippen LogP contribution in [0.5, 0.6) is 5.75 Å². The highest BCUT2D eigenvalue weighted by atomic mass is 35.5. The smallest absolute Gasteiger partial charge is 0.414 e. The normalized spacial score (nSPS) is 10.3. The van der Waals surface area contributed by atoms with Crippen LogP contribution in [0.25, 0.3) is 11.3 Å². The van der Waals surface area contributed by atoms with Gasteiger partial charge in [0.25, 0.3) is 0 Å². The van der Waals surface area contributed by atoms with Crippen molar-refractivity contribution in [3.05, 3.63) is 35.7 Å². The van der Waals surface area contributed by atoms with Gasteiger partial charge >= 0.3 is 12.1 Å². The number of carbonyl (C=O) groups is 2. The number of hydrogen-bond acceptors (Lipinski definition) is 4. The van der Waals surface area contributed by atoms with Crippen molar-refractivity contribution in [2.75, 3.05) is 13.6 Å². The van der Waals surface area contributed by atoms with E-state index in [1.54, 1.807) is 31.4 Å². The molecule has 2 aromatic rings. The Balaban J connectivity index is 2.07. The molecule has 122 valence electrons. The van der Waals surface area contributed by atoms with Crippen molar-refractivity contribution in [3.8, 4) is 17.0 Å². The third-order valence-electron chi connectivity index (χ3n) is 3.12. The molecule has 0 atom stereocenters. The van der Waals surface area contributed by atoms with Gasteiger partial charge in [0.15, 0.2) is 0 Å². The predicted molar refractivity (Wildman–Crippen MR) is 84.6 cm³/mol. The van der Waals surface area contributed by atoms with E-state index in [1.165, 1.54) is 11.2 Å². The monoisotopic (exact) mass is 337 g/mol. The van der Waals surface area contributed by atoms with Gasteiger partial charge in [-0.1, -0.05) is 11.6 Å². The molecule has 0 bridgehead atoms. The van der Waals surface area contributed by atoms with Gasteiger partial charge in [0.2, 0.25) is 0 Å². The van der Waals surface area contributed by atoms with Gasteiger partial charge in [0, 0.05) is 30.6 Å². The molecule has 7 nitrogen and oxygen atoms in total. The van der Waals surface area contributed by atoms with Gasteiger partial charge in [-0.05, 0) is 24.6 Å². The molecular formula is C15H16ClN3O4. The minimum absolute atomic E-state index is 0.00202. The van der Waals surface area contributed by atoms with Crippen LogP contribution in [0.4, 0.5) is 4.79 Å². The number of aromatic nitrogens is 2. The molecule has 0 unspecified atom stereocenters. The second kappa shape index (κ2) is 7.64. The summed E-state index contributed by atoms with van der Waals surface area (Å²) >= 11 is 5.99. The van der Waals surface area contributed by atoms with E-state index in [-0.39, 0.29) is 13.0 Å². The number of hydrogen-bond donors (Lipinski definition) is 2. The van der Waals surface area contributed by atoms with Gasteiger partial charge in [-0.25, -0.2) is 9.78 Å². The molecule has 0 saturated heterocycles. The second-order valence-electron chi connectivity index (χ2n) is 4.89.